The molecule has 0 fully saturated rings. The van der Waals surface area contributed by atoms with Crippen molar-refractivity contribution in [3.8, 4) is 0 Å². The van der Waals surface area contributed by atoms with E-state index >= 15 is 0 Å². The molecule has 2 heteroatoms. The van der Waals surface area contributed by atoms with E-state index in [1.54, 1.807) is 12.5 Å². The Morgan fingerprint density at radius 2 is 1.29 bits per heavy atom. The predicted octanol–water partition coefficient (Wildman–Crippen LogP) is 4.38. The van der Waals surface area contributed by atoms with Crippen molar-refractivity contribution in [2.45, 2.75) is 13.8 Å². The second-order valence-corrected chi connectivity index (χ2v) is 4.74. The van der Waals surface area contributed by atoms with Gasteiger partial charge in [0, 0.05) is 16.6 Å². The van der Waals surface area contributed by atoms with Gasteiger partial charge in [0.1, 0.15) is 11.5 Å². The fourth-order valence-electron chi connectivity index (χ4n) is 2.37. The van der Waals surface area contributed by atoms with E-state index in [1.165, 1.54) is 11.1 Å². The van der Waals surface area contributed by atoms with Crippen molar-refractivity contribution in [3.05, 3.63) is 60.5 Å². The zero-order valence-corrected chi connectivity index (χ0v) is 9.94. The summed E-state index contributed by atoms with van der Waals surface area (Å²) >= 11 is 0. The summed E-state index contributed by atoms with van der Waals surface area (Å²) in [5.41, 5.74) is 2.29. The molecule has 1 aliphatic rings. The van der Waals surface area contributed by atoms with E-state index in [0.717, 1.165) is 11.5 Å². The van der Waals surface area contributed by atoms with Crippen LogP contribution >= 0.6 is 0 Å². The van der Waals surface area contributed by atoms with Crippen molar-refractivity contribution in [1.29, 1.82) is 0 Å². The molecule has 2 aromatic rings. The summed E-state index contributed by atoms with van der Waals surface area (Å²) < 4.78 is 11.0. The second-order valence-electron chi connectivity index (χ2n) is 4.74. The van der Waals surface area contributed by atoms with E-state index in [1.807, 2.05) is 24.3 Å². The average molecular weight is 226 g/mol. The maximum atomic E-state index is 5.49. The molecule has 0 atom stereocenters. The van der Waals surface area contributed by atoms with Crippen LogP contribution in [0.1, 0.15) is 25.4 Å². The molecule has 2 heterocycles. The van der Waals surface area contributed by atoms with Gasteiger partial charge in [0.25, 0.3) is 0 Å². The highest BCUT2D eigenvalue weighted by atomic mass is 16.3. The summed E-state index contributed by atoms with van der Waals surface area (Å²) in [7, 11) is 0. The Morgan fingerprint density at radius 3 is 1.65 bits per heavy atom. The highest BCUT2D eigenvalue weighted by Crippen LogP contribution is 2.49. The van der Waals surface area contributed by atoms with Gasteiger partial charge in [-0.3, -0.25) is 0 Å². The van der Waals surface area contributed by atoms with E-state index in [2.05, 4.69) is 26.0 Å². The Bertz CT molecular complexity index is 514. The predicted molar refractivity (Wildman–Crippen MR) is 67.2 cm³/mol. The monoisotopic (exact) mass is 226 g/mol. The third-order valence-corrected chi connectivity index (χ3v) is 3.34. The SMILES string of the molecule is CC1(C)C(c2ccco2)=CC=C1c1ccco1. The topological polar surface area (TPSA) is 26.3 Å². The molecule has 1 aliphatic carbocycles. The van der Waals surface area contributed by atoms with Crippen molar-refractivity contribution in [1.82, 2.24) is 0 Å². The van der Waals surface area contributed by atoms with Gasteiger partial charge in [-0.05, 0) is 24.3 Å². The lowest BCUT2D eigenvalue weighted by molar-refractivity contribution is 0.516. The summed E-state index contributed by atoms with van der Waals surface area (Å²) in [6.45, 7) is 4.37. The van der Waals surface area contributed by atoms with Crippen LogP contribution in [0.3, 0.4) is 0 Å². The highest BCUT2D eigenvalue weighted by molar-refractivity contribution is 5.89. The first-order valence-electron chi connectivity index (χ1n) is 5.70. The van der Waals surface area contributed by atoms with Gasteiger partial charge < -0.3 is 8.83 Å². The Hall–Kier alpha value is -1.96. The number of rotatable bonds is 2. The lowest BCUT2D eigenvalue weighted by atomic mass is 9.79. The van der Waals surface area contributed by atoms with Crippen LogP contribution in [0.15, 0.2) is 57.8 Å². The van der Waals surface area contributed by atoms with Crippen molar-refractivity contribution in [2.24, 2.45) is 5.41 Å². The maximum Gasteiger partial charge on any atom is 0.130 e. The third kappa shape index (κ3) is 1.48. The van der Waals surface area contributed by atoms with Crippen LogP contribution in [0.2, 0.25) is 0 Å². The summed E-state index contributed by atoms with van der Waals surface area (Å²) in [4.78, 5) is 0. The van der Waals surface area contributed by atoms with E-state index < -0.39 is 0 Å². The van der Waals surface area contributed by atoms with Crippen molar-refractivity contribution < 1.29 is 8.83 Å². The van der Waals surface area contributed by atoms with E-state index in [9.17, 15) is 0 Å². The van der Waals surface area contributed by atoms with Gasteiger partial charge in [0.05, 0.1) is 12.5 Å². The van der Waals surface area contributed by atoms with E-state index in [4.69, 9.17) is 8.83 Å². The van der Waals surface area contributed by atoms with Gasteiger partial charge in [-0.15, -0.1) is 0 Å². The summed E-state index contributed by atoms with van der Waals surface area (Å²) in [6, 6.07) is 7.81. The molecular weight excluding hydrogens is 212 g/mol. The van der Waals surface area contributed by atoms with Gasteiger partial charge >= 0.3 is 0 Å². The lowest BCUT2D eigenvalue weighted by Crippen LogP contribution is -2.12. The third-order valence-electron chi connectivity index (χ3n) is 3.34. The number of hydrogen-bond donors (Lipinski definition) is 0. The standard InChI is InChI=1S/C15H14O2/c1-15(2)11(13-5-3-9-16-13)7-8-12(15)14-6-4-10-17-14/h3-10H,1-2H3. The second kappa shape index (κ2) is 3.52. The maximum absolute atomic E-state index is 5.49. The van der Waals surface area contributed by atoms with Gasteiger partial charge in [0.15, 0.2) is 0 Å². The van der Waals surface area contributed by atoms with E-state index in [-0.39, 0.29) is 5.41 Å². The molecule has 0 bridgehead atoms. The molecule has 0 saturated heterocycles. The number of allylic oxidation sites excluding steroid dienone is 4. The van der Waals surface area contributed by atoms with Crippen LogP contribution in [0.5, 0.6) is 0 Å². The molecule has 0 saturated carbocycles. The van der Waals surface area contributed by atoms with Crippen LogP contribution in [-0.4, -0.2) is 0 Å². The Morgan fingerprint density at radius 1 is 0.824 bits per heavy atom. The molecule has 2 aromatic heterocycles. The molecule has 86 valence electrons. The summed E-state index contributed by atoms with van der Waals surface area (Å²) in [6.07, 6.45) is 7.63. The van der Waals surface area contributed by atoms with E-state index in [0.29, 0.717) is 0 Å². The van der Waals surface area contributed by atoms with Gasteiger partial charge in [-0.25, -0.2) is 0 Å². The minimum atomic E-state index is -0.0876. The van der Waals surface area contributed by atoms with Gasteiger partial charge in [-0.1, -0.05) is 26.0 Å². The first kappa shape index (κ1) is 10.2. The fraction of sp³-hybridized carbons (Fsp3) is 0.200. The molecule has 0 unspecified atom stereocenters. The Kier molecular flexibility index (Phi) is 2.11. The van der Waals surface area contributed by atoms with Crippen LogP contribution in [-0.2, 0) is 0 Å². The highest BCUT2D eigenvalue weighted by Gasteiger charge is 2.35. The molecule has 0 spiro atoms. The lowest BCUT2D eigenvalue weighted by Gasteiger charge is -2.24. The molecule has 0 aromatic carbocycles. The van der Waals surface area contributed by atoms with Gasteiger partial charge in [-0.2, -0.15) is 0 Å². The zero-order chi connectivity index (χ0) is 11.9. The Balaban J connectivity index is 2.00. The summed E-state index contributed by atoms with van der Waals surface area (Å²) in [5.74, 6) is 1.85. The van der Waals surface area contributed by atoms with Crippen LogP contribution in [0.25, 0.3) is 11.1 Å². The summed E-state index contributed by atoms with van der Waals surface area (Å²) in [5, 5.41) is 0. The number of furan rings is 2. The van der Waals surface area contributed by atoms with Gasteiger partial charge in [0.2, 0.25) is 0 Å². The number of hydrogen-bond acceptors (Lipinski definition) is 2. The van der Waals surface area contributed by atoms with Crippen molar-refractivity contribution in [3.63, 3.8) is 0 Å². The normalized spacial score (nSPS) is 18.0. The van der Waals surface area contributed by atoms with Crippen molar-refractivity contribution >= 4 is 11.1 Å². The molecule has 0 amide bonds. The largest absolute Gasteiger partial charge is 0.465 e. The first-order chi connectivity index (χ1) is 8.19. The minimum absolute atomic E-state index is 0.0876. The molecule has 0 N–H and O–H groups in total. The molecular formula is C15H14O2. The molecule has 3 rings (SSSR count). The average Bonchev–Trinajstić information content (AvgIpc) is 2.96. The molecule has 2 nitrogen and oxygen atoms in total. The van der Waals surface area contributed by atoms with Crippen LogP contribution in [0, 0.1) is 5.41 Å². The van der Waals surface area contributed by atoms with Crippen LogP contribution in [0.4, 0.5) is 0 Å². The fourth-order valence-corrected chi connectivity index (χ4v) is 2.37. The molecule has 0 radical (unpaired) electrons. The first-order valence-corrected chi connectivity index (χ1v) is 5.70. The van der Waals surface area contributed by atoms with Crippen molar-refractivity contribution in [2.75, 3.05) is 0 Å². The Labute approximate surface area is 100 Å². The quantitative estimate of drug-likeness (QED) is 0.759. The minimum Gasteiger partial charge on any atom is -0.465 e. The van der Waals surface area contributed by atoms with Crippen LogP contribution < -0.4 is 0 Å². The molecule has 0 aliphatic heterocycles. The zero-order valence-electron chi connectivity index (χ0n) is 9.94. The molecule has 17 heavy (non-hydrogen) atoms. The smallest absolute Gasteiger partial charge is 0.130 e.